The molecule has 13 heavy (non-hydrogen) atoms. The molecule has 0 radical (unpaired) electrons. The Hall–Kier alpha value is -0.300. The third-order valence-electron chi connectivity index (χ3n) is 1.81. The molecule has 0 amide bonds. The molecule has 0 spiro atoms. The van der Waals surface area contributed by atoms with Crippen LogP contribution >= 0.6 is 38.5 Å². The van der Waals surface area contributed by atoms with Crippen LogP contribution < -0.4 is 5.73 Å². The van der Waals surface area contributed by atoms with E-state index in [2.05, 4.69) is 54.6 Å². The molecule has 0 bridgehead atoms. The van der Waals surface area contributed by atoms with E-state index in [4.69, 9.17) is 5.73 Å². The minimum atomic E-state index is 0.470. The van der Waals surface area contributed by atoms with Gasteiger partial charge in [-0.05, 0) is 40.3 Å². The first kappa shape index (κ1) is 9.26. The van der Waals surface area contributed by atoms with Crippen LogP contribution in [0.4, 0.5) is 5.95 Å². The molecule has 1 heterocycles. The third kappa shape index (κ3) is 1.67. The summed E-state index contributed by atoms with van der Waals surface area (Å²) in [6.07, 6.45) is 0. The summed E-state index contributed by atoms with van der Waals surface area (Å²) in [5.41, 5.74) is 8.71. The zero-order valence-corrected chi connectivity index (χ0v) is 10.4. The van der Waals surface area contributed by atoms with Crippen LogP contribution in [-0.2, 0) is 5.33 Å². The van der Waals surface area contributed by atoms with Crippen molar-refractivity contribution in [1.82, 2.24) is 9.97 Å². The van der Waals surface area contributed by atoms with Gasteiger partial charge in [0.25, 0.3) is 0 Å². The predicted octanol–water partition coefficient (Wildman–Crippen LogP) is 2.64. The minimum absolute atomic E-state index is 0.470. The van der Waals surface area contributed by atoms with Crippen molar-refractivity contribution in [1.29, 1.82) is 0 Å². The first-order valence-electron chi connectivity index (χ1n) is 3.70. The normalized spacial score (nSPS) is 10.9. The monoisotopic (exact) mass is 351 g/mol. The summed E-state index contributed by atoms with van der Waals surface area (Å²) in [6.45, 7) is 0. The molecule has 68 valence electrons. The minimum Gasteiger partial charge on any atom is -0.369 e. The molecule has 2 rings (SSSR count). The fraction of sp³-hybridized carbons (Fsp3) is 0.125. The molecule has 0 saturated heterocycles. The van der Waals surface area contributed by atoms with Crippen molar-refractivity contribution in [2.75, 3.05) is 5.73 Å². The number of benzene rings is 1. The fourth-order valence-corrected chi connectivity index (χ4v) is 2.83. The number of fused-ring (bicyclic) bond motifs is 1. The zero-order valence-electron chi connectivity index (χ0n) is 6.64. The van der Waals surface area contributed by atoms with E-state index in [1.54, 1.807) is 0 Å². The fourth-order valence-electron chi connectivity index (χ4n) is 1.20. The lowest BCUT2D eigenvalue weighted by molar-refractivity contribution is 1.35. The van der Waals surface area contributed by atoms with Gasteiger partial charge in [-0.1, -0.05) is 15.9 Å². The standard InChI is InChI=1S/C8H7BrIN3/c9-3-4-1-6-7(2-5(4)10)13-8(11)12-6/h1-2H,3H2,(H3,11,12,13). The number of nitrogen functional groups attached to an aromatic ring is 1. The summed E-state index contributed by atoms with van der Waals surface area (Å²) >= 11 is 5.72. The second kappa shape index (κ2) is 3.45. The van der Waals surface area contributed by atoms with Gasteiger partial charge < -0.3 is 10.7 Å². The van der Waals surface area contributed by atoms with E-state index in [9.17, 15) is 0 Å². The molecule has 5 heteroatoms. The molecule has 0 atom stereocenters. The van der Waals surface area contributed by atoms with Crippen LogP contribution in [0.3, 0.4) is 0 Å². The Morgan fingerprint density at radius 2 is 2.31 bits per heavy atom. The molecule has 1 aromatic heterocycles. The molecule has 0 aliphatic rings. The maximum absolute atomic E-state index is 5.55. The van der Waals surface area contributed by atoms with E-state index in [-0.39, 0.29) is 0 Å². The van der Waals surface area contributed by atoms with Gasteiger partial charge in [0.1, 0.15) is 0 Å². The SMILES string of the molecule is Nc1nc2cc(I)c(CBr)cc2[nH]1. The highest BCUT2D eigenvalue weighted by Crippen LogP contribution is 2.22. The van der Waals surface area contributed by atoms with Crippen LogP contribution in [-0.4, -0.2) is 9.97 Å². The van der Waals surface area contributed by atoms with Crippen molar-refractivity contribution in [3.63, 3.8) is 0 Å². The second-order valence-electron chi connectivity index (χ2n) is 2.72. The first-order valence-corrected chi connectivity index (χ1v) is 5.90. The number of aromatic nitrogens is 2. The quantitative estimate of drug-likeness (QED) is 0.613. The van der Waals surface area contributed by atoms with Crippen molar-refractivity contribution in [3.8, 4) is 0 Å². The van der Waals surface area contributed by atoms with E-state index in [0.717, 1.165) is 16.4 Å². The van der Waals surface area contributed by atoms with Crippen molar-refractivity contribution in [2.24, 2.45) is 0 Å². The number of nitrogens with two attached hydrogens (primary N) is 1. The maximum atomic E-state index is 5.55. The maximum Gasteiger partial charge on any atom is 0.198 e. The van der Waals surface area contributed by atoms with E-state index in [1.807, 2.05) is 6.07 Å². The summed E-state index contributed by atoms with van der Waals surface area (Å²) in [7, 11) is 0. The van der Waals surface area contributed by atoms with Gasteiger partial charge in [0, 0.05) is 8.90 Å². The Balaban J connectivity index is 2.72. The number of H-pyrrole nitrogens is 1. The number of halogens is 2. The van der Waals surface area contributed by atoms with Crippen LogP contribution in [0.2, 0.25) is 0 Å². The molecule has 0 saturated carbocycles. The van der Waals surface area contributed by atoms with Gasteiger partial charge >= 0.3 is 0 Å². The summed E-state index contributed by atoms with van der Waals surface area (Å²) in [5, 5.41) is 0.847. The lowest BCUT2D eigenvalue weighted by Crippen LogP contribution is -1.84. The Morgan fingerprint density at radius 3 is 3.00 bits per heavy atom. The van der Waals surface area contributed by atoms with Gasteiger partial charge in [0.05, 0.1) is 11.0 Å². The van der Waals surface area contributed by atoms with Crippen LogP contribution in [0.1, 0.15) is 5.56 Å². The molecule has 2 aromatic rings. The second-order valence-corrected chi connectivity index (χ2v) is 4.44. The van der Waals surface area contributed by atoms with Gasteiger partial charge in [-0.15, -0.1) is 0 Å². The Morgan fingerprint density at radius 1 is 1.54 bits per heavy atom. The average molecular weight is 352 g/mol. The summed E-state index contributed by atoms with van der Waals surface area (Å²) in [5.74, 6) is 0.470. The largest absolute Gasteiger partial charge is 0.369 e. The van der Waals surface area contributed by atoms with Gasteiger partial charge in [0.15, 0.2) is 5.95 Å². The van der Waals surface area contributed by atoms with E-state index >= 15 is 0 Å². The highest BCUT2D eigenvalue weighted by molar-refractivity contribution is 14.1. The van der Waals surface area contributed by atoms with Gasteiger partial charge in [0.2, 0.25) is 0 Å². The molecule has 0 unspecified atom stereocenters. The number of nitrogens with zero attached hydrogens (tertiary/aromatic N) is 1. The molecule has 3 nitrogen and oxygen atoms in total. The highest BCUT2D eigenvalue weighted by Gasteiger charge is 2.04. The van der Waals surface area contributed by atoms with Crippen LogP contribution in [0.25, 0.3) is 11.0 Å². The zero-order chi connectivity index (χ0) is 9.42. The summed E-state index contributed by atoms with van der Waals surface area (Å²) in [4.78, 5) is 7.15. The Labute approximate surface area is 97.4 Å². The highest BCUT2D eigenvalue weighted by atomic mass is 127. The van der Waals surface area contributed by atoms with Crippen molar-refractivity contribution in [2.45, 2.75) is 5.33 Å². The molecule has 0 aliphatic carbocycles. The number of hydrogen-bond donors (Lipinski definition) is 2. The van der Waals surface area contributed by atoms with Crippen molar-refractivity contribution < 1.29 is 0 Å². The summed E-state index contributed by atoms with van der Waals surface area (Å²) in [6, 6.07) is 4.09. The number of rotatable bonds is 1. The Kier molecular flexibility index (Phi) is 2.46. The Bertz CT molecular complexity index is 452. The molecule has 1 aromatic carbocycles. The molecular weight excluding hydrogens is 345 g/mol. The number of hydrogen-bond acceptors (Lipinski definition) is 2. The van der Waals surface area contributed by atoms with Gasteiger partial charge in [-0.2, -0.15) is 0 Å². The topological polar surface area (TPSA) is 54.7 Å². The van der Waals surface area contributed by atoms with E-state index in [1.165, 1.54) is 9.13 Å². The smallest absolute Gasteiger partial charge is 0.198 e. The van der Waals surface area contributed by atoms with Crippen molar-refractivity contribution >= 4 is 55.5 Å². The van der Waals surface area contributed by atoms with Crippen LogP contribution in [0, 0.1) is 3.57 Å². The lowest BCUT2D eigenvalue weighted by Gasteiger charge is -1.98. The van der Waals surface area contributed by atoms with Crippen LogP contribution in [0.5, 0.6) is 0 Å². The number of aromatic amines is 1. The number of nitrogens with one attached hydrogen (secondary N) is 1. The first-order chi connectivity index (χ1) is 6.20. The van der Waals surface area contributed by atoms with Gasteiger partial charge in [-0.25, -0.2) is 4.98 Å². The van der Waals surface area contributed by atoms with Gasteiger partial charge in [-0.3, -0.25) is 0 Å². The summed E-state index contributed by atoms with van der Waals surface area (Å²) < 4.78 is 1.20. The average Bonchev–Trinajstić information content (AvgIpc) is 2.42. The molecule has 3 N–H and O–H groups in total. The lowest BCUT2D eigenvalue weighted by atomic mass is 10.2. The molecular formula is C8H7BrIN3. The molecule has 0 fully saturated rings. The van der Waals surface area contributed by atoms with E-state index < -0.39 is 0 Å². The predicted molar refractivity (Wildman–Crippen MR) is 65.9 cm³/mol. The number of imidazole rings is 1. The van der Waals surface area contributed by atoms with Crippen molar-refractivity contribution in [3.05, 3.63) is 21.3 Å². The number of anilines is 1. The van der Waals surface area contributed by atoms with Crippen LogP contribution in [0.15, 0.2) is 12.1 Å². The third-order valence-corrected chi connectivity index (χ3v) is 3.42. The molecule has 0 aliphatic heterocycles. The number of alkyl halides is 1. The van der Waals surface area contributed by atoms with E-state index in [0.29, 0.717) is 5.95 Å².